The van der Waals surface area contributed by atoms with Crippen molar-refractivity contribution in [2.75, 3.05) is 0 Å². The molecule has 0 aliphatic carbocycles. The van der Waals surface area contributed by atoms with Gasteiger partial charge in [-0.2, -0.15) is 0 Å². The van der Waals surface area contributed by atoms with Crippen LogP contribution in [-0.2, 0) is 0 Å². The molecule has 0 atom stereocenters. The van der Waals surface area contributed by atoms with E-state index in [1.165, 1.54) is 32.5 Å². The Morgan fingerprint density at radius 2 is 1.11 bits per heavy atom. The molecule has 4 nitrogen and oxygen atoms in total. The molecule has 4 heteroatoms. The summed E-state index contributed by atoms with van der Waals surface area (Å²) in [6, 6.07) is 69.2. The van der Waals surface area contributed by atoms with Gasteiger partial charge >= 0.3 is 0 Å². The standard InChI is InChI=1S/C62H42N4/c1-3-18-43(35-40(2)62-64-56(41-19-6-4-7-20-41)38-57(65-62)53-36-42-21-10-11-24-46(42)47-25-12-13-26-48(47)53)60-49-27-14-16-29-51(49)61(52-30-17-15-28-50(52)60)44-31-32-58-54(37-44)55-39-63-34-33-59(55)66(58)45-22-8-5-9-23-45/h3-39H,1H2,2H3/b40-35+,43-18+. The first-order valence-corrected chi connectivity index (χ1v) is 22.4. The van der Waals surface area contributed by atoms with Crippen molar-refractivity contribution in [1.29, 1.82) is 0 Å². The lowest BCUT2D eigenvalue weighted by Crippen LogP contribution is -1.99. The fraction of sp³-hybridized carbons (Fsp3) is 0.0161. The Kier molecular flexibility index (Phi) is 9.50. The van der Waals surface area contributed by atoms with Crippen molar-refractivity contribution in [3.8, 4) is 39.3 Å². The summed E-state index contributed by atoms with van der Waals surface area (Å²) >= 11 is 0. The number of hydrogen-bond acceptors (Lipinski definition) is 3. The highest BCUT2D eigenvalue weighted by Crippen LogP contribution is 2.45. The van der Waals surface area contributed by atoms with Gasteiger partial charge in [0.25, 0.3) is 0 Å². The molecule has 3 aromatic heterocycles. The smallest absolute Gasteiger partial charge is 0.156 e. The molecule has 0 saturated heterocycles. The maximum absolute atomic E-state index is 5.40. The lowest BCUT2D eigenvalue weighted by Gasteiger charge is -2.19. The fourth-order valence-corrected chi connectivity index (χ4v) is 10.0. The predicted molar refractivity (Wildman–Crippen MR) is 279 cm³/mol. The topological polar surface area (TPSA) is 43.6 Å². The van der Waals surface area contributed by atoms with Crippen LogP contribution in [0.4, 0.5) is 0 Å². The Morgan fingerprint density at radius 1 is 0.500 bits per heavy atom. The van der Waals surface area contributed by atoms with Crippen LogP contribution in [0.1, 0.15) is 18.3 Å². The third-order valence-electron chi connectivity index (χ3n) is 13.0. The average Bonchev–Trinajstić information content (AvgIpc) is 3.71. The molecule has 9 aromatic carbocycles. The van der Waals surface area contributed by atoms with Crippen LogP contribution in [0.2, 0.25) is 0 Å². The van der Waals surface area contributed by atoms with Crippen LogP contribution in [0.25, 0.3) is 115 Å². The molecule has 0 radical (unpaired) electrons. The van der Waals surface area contributed by atoms with E-state index in [9.17, 15) is 0 Å². The van der Waals surface area contributed by atoms with E-state index in [0.29, 0.717) is 5.82 Å². The third kappa shape index (κ3) is 6.50. The second kappa shape index (κ2) is 16.1. The van der Waals surface area contributed by atoms with Crippen LogP contribution >= 0.6 is 0 Å². The zero-order valence-corrected chi connectivity index (χ0v) is 36.4. The van der Waals surface area contributed by atoms with Crippen molar-refractivity contribution in [2.45, 2.75) is 6.92 Å². The molecule has 12 aromatic rings. The van der Waals surface area contributed by atoms with Gasteiger partial charge in [-0.1, -0.05) is 170 Å². The highest BCUT2D eigenvalue weighted by molar-refractivity contribution is 6.21. The average molecular weight is 843 g/mol. The number of pyridine rings is 1. The SMILES string of the molecule is C=C/C=C(\C=C(/C)c1nc(-c2ccccc2)cc(-c2cc3ccccc3c3ccccc23)n1)c1c2ccccc2c(-c2ccc3c(c2)c2cnccc2n3-c2ccccc2)c2ccccc12. The van der Waals surface area contributed by atoms with E-state index in [1.807, 2.05) is 24.5 Å². The first-order valence-electron chi connectivity index (χ1n) is 22.4. The Hall–Kier alpha value is -8.73. The number of benzene rings is 9. The molecule has 0 unspecified atom stereocenters. The van der Waals surface area contributed by atoms with Gasteiger partial charge in [0.1, 0.15) is 0 Å². The summed E-state index contributed by atoms with van der Waals surface area (Å²) in [5, 5.41) is 11.7. The quantitative estimate of drug-likeness (QED) is 0.0869. The number of fused-ring (bicyclic) bond motifs is 8. The number of rotatable bonds is 8. The monoisotopic (exact) mass is 842 g/mol. The first-order chi connectivity index (χ1) is 32.6. The largest absolute Gasteiger partial charge is 0.309 e. The maximum Gasteiger partial charge on any atom is 0.156 e. The van der Waals surface area contributed by atoms with Gasteiger partial charge < -0.3 is 4.57 Å². The first kappa shape index (κ1) is 38.9. The van der Waals surface area contributed by atoms with Gasteiger partial charge in [0, 0.05) is 40.0 Å². The molecule has 0 aliphatic rings. The van der Waals surface area contributed by atoms with E-state index in [-0.39, 0.29) is 0 Å². The molecule has 0 fully saturated rings. The zero-order chi connectivity index (χ0) is 44.1. The van der Waals surface area contributed by atoms with Crippen molar-refractivity contribution in [1.82, 2.24) is 19.5 Å². The second-order valence-electron chi connectivity index (χ2n) is 16.8. The second-order valence-corrected chi connectivity index (χ2v) is 16.8. The summed E-state index contributed by atoms with van der Waals surface area (Å²) in [7, 11) is 0. The molecule has 0 aliphatic heterocycles. The van der Waals surface area contributed by atoms with Crippen LogP contribution in [0.5, 0.6) is 0 Å². The van der Waals surface area contributed by atoms with Crippen LogP contribution in [0.3, 0.4) is 0 Å². The minimum atomic E-state index is 0.668. The number of para-hydroxylation sites is 1. The summed E-state index contributed by atoms with van der Waals surface area (Å²) in [4.78, 5) is 15.3. The summed E-state index contributed by atoms with van der Waals surface area (Å²) in [5.41, 5.74) is 12.7. The Bertz CT molecular complexity index is 3890. The van der Waals surface area contributed by atoms with Crippen LogP contribution in [0, 0.1) is 0 Å². The van der Waals surface area contributed by atoms with Crippen LogP contribution in [0.15, 0.2) is 231 Å². The van der Waals surface area contributed by atoms with Gasteiger partial charge in [0.2, 0.25) is 0 Å². The lowest BCUT2D eigenvalue weighted by molar-refractivity contribution is 1.12. The predicted octanol–water partition coefficient (Wildman–Crippen LogP) is 16.3. The molecule has 12 rings (SSSR count). The number of allylic oxidation sites excluding steroid dienone is 5. The molecule has 0 spiro atoms. The van der Waals surface area contributed by atoms with Crippen molar-refractivity contribution >= 4 is 76.0 Å². The van der Waals surface area contributed by atoms with Gasteiger partial charge in [-0.25, -0.2) is 9.97 Å². The molecule has 0 amide bonds. The van der Waals surface area contributed by atoms with Gasteiger partial charge in [-0.15, -0.1) is 0 Å². The van der Waals surface area contributed by atoms with Crippen LogP contribution in [-0.4, -0.2) is 19.5 Å². The highest BCUT2D eigenvalue weighted by atomic mass is 15.0. The zero-order valence-electron chi connectivity index (χ0n) is 36.4. The van der Waals surface area contributed by atoms with E-state index >= 15 is 0 Å². The molecule has 0 N–H and O–H groups in total. The minimum Gasteiger partial charge on any atom is -0.309 e. The van der Waals surface area contributed by atoms with E-state index < -0.39 is 0 Å². The number of aromatic nitrogens is 4. The molecular weight excluding hydrogens is 801 g/mol. The molecule has 0 bridgehead atoms. The molecular formula is C62H42N4. The van der Waals surface area contributed by atoms with Gasteiger partial charge in [-0.05, 0) is 126 Å². The lowest BCUT2D eigenvalue weighted by atomic mass is 9.85. The summed E-state index contributed by atoms with van der Waals surface area (Å²) in [6.07, 6.45) is 10.1. The molecule has 3 heterocycles. The summed E-state index contributed by atoms with van der Waals surface area (Å²) in [5.74, 6) is 0.668. The van der Waals surface area contributed by atoms with E-state index in [2.05, 4.69) is 223 Å². The van der Waals surface area contributed by atoms with E-state index in [1.54, 1.807) is 0 Å². The van der Waals surface area contributed by atoms with E-state index in [0.717, 1.165) is 88.4 Å². The van der Waals surface area contributed by atoms with Gasteiger partial charge in [0.15, 0.2) is 5.82 Å². The summed E-state index contributed by atoms with van der Waals surface area (Å²) in [6.45, 7) is 6.35. The number of nitrogens with zero attached hydrogens (tertiary/aromatic N) is 4. The number of hydrogen-bond donors (Lipinski definition) is 0. The summed E-state index contributed by atoms with van der Waals surface area (Å²) < 4.78 is 2.34. The van der Waals surface area contributed by atoms with Crippen LogP contribution < -0.4 is 0 Å². The van der Waals surface area contributed by atoms with Gasteiger partial charge in [0.05, 0.1) is 22.4 Å². The molecule has 0 saturated carbocycles. The third-order valence-corrected chi connectivity index (χ3v) is 13.0. The molecule has 310 valence electrons. The van der Waals surface area contributed by atoms with Gasteiger partial charge in [-0.3, -0.25) is 4.98 Å². The van der Waals surface area contributed by atoms with Crippen molar-refractivity contribution < 1.29 is 0 Å². The molecule has 66 heavy (non-hydrogen) atoms. The normalized spacial score (nSPS) is 12.3. The Balaban J connectivity index is 1.05. The fourth-order valence-electron chi connectivity index (χ4n) is 10.0. The maximum atomic E-state index is 5.40. The Morgan fingerprint density at radius 3 is 1.83 bits per heavy atom. The van der Waals surface area contributed by atoms with Crippen molar-refractivity contribution in [3.05, 3.63) is 243 Å². The minimum absolute atomic E-state index is 0.668. The van der Waals surface area contributed by atoms with E-state index in [4.69, 9.17) is 9.97 Å². The highest BCUT2D eigenvalue weighted by Gasteiger charge is 2.21. The van der Waals surface area contributed by atoms with Crippen molar-refractivity contribution in [2.24, 2.45) is 0 Å². The van der Waals surface area contributed by atoms with Crippen molar-refractivity contribution in [3.63, 3.8) is 0 Å². The Labute approximate surface area is 382 Å².